The predicted molar refractivity (Wildman–Crippen MR) is 101 cm³/mol. The van der Waals surface area contributed by atoms with Gasteiger partial charge in [0, 0.05) is 56.9 Å². The summed E-state index contributed by atoms with van der Waals surface area (Å²) in [6, 6.07) is 4.44. The number of ether oxygens (including phenoxy) is 1. The summed E-state index contributed by atoms with van der Waals surface area (Å²) in [6.07, 6.45) is 5.33. The third-order valence-electron chi connectivity index (χ3n) is 6.20. The van der Waals surface area contributed by atoms with Crippen molar-refractivity contribution in [3.05, 3.63) is 18.3 Å². The Morgan fingerprint density at radius 3 is 2.81 bits per heavy atom. The molecular weight excluding hydrogens is 330 g/mol. The molecule has 1 aromatic rings. The molecule has 3 heterocycles. The van der Waals surface area contributed by atoms with Crippen LogP contribution in [0.15, 0.2) is 18.3 Å². The Morgan fingerprint density at radius 1 is 1.35 bits per heavy atom. The number of pyridine rings is 1. The Hall–Kier alpha value is -2.02. The van der Waals surface area contributed by atoms with Crippen LogP contribution < -0.4 is 10.6 Å². The quantitative estimate of drug-likeness (QED) is 0.887. The maximum Gasteiger partial charge on any atom is 0.409 e. The number of nitrogen functional groups attached to an aromatic ring is 1. The topological polar surface area (TPSA) is 74.9 Å². The number of aromatic nitrogens is 1. The van der Waals surface area contributed by atoms with Gasteiger partial charge in [-0.25, -0.2) is 9.78 Å². The minimum atomic E-state index is -0.150. The number of nitrogens with zero attached hydrogens (tertiary/aromatic N) is 4. The number of amides is 1. The van der Waals surface area contributed by atoms with Gasteiger partial charge in [0.15, 0.2) is 5.82 Å². The van der Waals surface area contributed by atoms with Crippen LogP contribution in [0.5, 0.6) is 0 Å². The molecule has 1 saturated carbocycles. The molecule has 4 rings (SSSR count). The molecule has 1 atom stereocenters. The lowest BCUT2D eigenvalue weighted by molar-refractivity contribution is -0.00294. The molecule has 2 aliphatic heterocycles. The van der Waals surface area contributed by atoms with Crippen LogP contribution in [0.3, 0.4) is 0 Å². The Labute approximate surface area is 155 Å². The molecule has 0 unspecified atom stereocenters. The van der Waals surface area contributed by atoms with E-state index in [0.29, 0.717) is 18.1 Å². The van der Waals surface area contributed by atoms with E-state index < -0.39 is 0 Å². The minimum Gasteiger partial charge on any atom is -0.450 e. The van der Waals surface area contributed by atoms with Crippen LogP contribution >= 0.6 is 0 Å². The van der Waals surface area contributed by atoms with E-state index in [1.54, 1.807) is 0 Å². The highest BCUT2D eigenvalue weighted by atomic mass is 16.6. The van der Waals surface area contributed by atoms with Gasteiger partial charge in [0.2, 0.25) is 0 Å². The van der Waals surface area contributed by atoms with Gasteiger partial charge in [0.05, 0.1) is 12.3 Å². The van der Waals surface area contributed by atoms with Crippen LogP contribution in [-0.4, -0.2) is 72.8 Å². The Balaban J connectivity index is 1.28. The average Bonchev–Trinajstić information content (AvgIpc) is 3.07. The van der Waals surface area contributed by atoms with E-state index in [1.165, 1.54) is 19.3 Å². The first kappa shape index (κ1) is 17.4. The van der Waals surface area contributed by atoms with Crippen molar-refractivity contribution in [1.29, 1.82) is 0 Å². The summed E-state index contributed by atoms with van der Waals surface area (Å²) in [7, 11) is 0. The van der Waals surface area contributed by atoms with E-state index in [9.17, 15) is 4.79 Å². The van der Waals surface area contributed by atoms with E-state index in [-0.39, 0.29) is 6.09 Å². The number of rotatable bonds is 3. The molecule has 1 aromatic heterocycles. The van der Waals surface area contributed by atoms with Crippen LogP contribution in [0.25, 0.3) is 0 Å². The molecule has 2 N–H and O–H groups in total. The first-order chi connectivity index (χ1) is 12.6. The zero-order valence-corrected chi connectivity index (χ0v) is 15.6. The molecule has 1 amide bonds. The second-order valence-electron chi connectivity index (χ2n) is 7.89. The summed E-state index contributed by atoms with van der Waals surface area (Å²) < 4.78 is 5.11. The summed E-state index contributed by atoms with van der Waals surface area (Å²) in [5.74, 6) is 0.916. The molecule has 7 nitrogen and oxygen atoms in total. The van der Waals surface area contributed by atoms with Gasteiger partial charge in [0.1, 0.15) is 0 Å². The van der Waals surface area contributed by atoms with Crippen LogP contribution in [0, 0.1) is 5.41 Å². The number of carbonyl (C=O) groups excluding carboxylic acids is 1. The van der Waals surface area contributed by atoms with Gasteiger partial charge in [-0.3, -0.25) is 4.90 Å². The number of carbonyl (C=O) groups is 1. The van der Waals surface area contributed by atoms with Crippen molar-refractivity contribution in [3.8, 4) is 0 Å². The molecule has 3 aliphatic rings. The van der Waals surface area contributed by atoms with E-state index in [0.717, 1.165) is 50.8 Å². The molecule has 1 spiro atoms. The van der Waals surface area contributed by atoms with Crippen LogP contribution in [0.2, 0.25) is 0 Å². The number of likely N-dealkylation sites (tertiary alicyclic amines) is 1. The minimum absolute atomic E-state index is 0.150. The molecule has 2 saturated heterocycles. The summed E-state index contributed by atoms with van der Waals surface area (Å²) in [4.78, 5) is 23.0. The summed E-state index contributed by atoms with van der Waals surface area (Å²) in [5, 5.41) is 0. The van der Waals surface area contributed by atoms with Crippen molar-refractivity contribution in [2.45, 2.75) is 32.2 Å². The first-order valence-corrected chi connectivity index (χ1v) is 9.71. The monoisotopic (exact) mass is 359 g/mol. The summed E-state index contributed by atoms with van der Waals surface area (Å²) in [6.45, 7) is 8.10. The van der Waals surface area contributed by atoms with Gasteiger partial charge in [-0.15, -0.1) is 0 Å². The van der Waals surface area contributed by atoms with E-state index in [1.807, 2.05) is 30.2 Å². The highest BCUT2D eigenvalue weighted by Gasteiger charge is 2.51. The number of hydrogen-bond donors (Lipinski definition) is 1. The highest BCUT2D eigenvalue weighted by molar-refractivity contribution is 5.69. The second kappa shape index (κ2) is 6.95. The van der Waals surface area contributed by atoms with E-state index in [4.69, 9.17) is 10.5 Å². The largest absolute Gasteiger partial charge is 0.450 e. The van der Waals surface area contributed by atoms with Gasteiger partial charge in [-0.1, -0.05) is 0 Å². The number of nitrogens with two attached hydrogens (primary N) is 1. The Bertz CT molecular complexity index is 653. The molecule has 26 heavy (non-hydrogen) atoms. The van der Waals surface area contributed by atoms with Gasteiger partial charge in [-0.05, 0) is 38.3 Å². The maximum absolute atomic E-state index is 11.8. The van der Waals surface area contributed by atoms with E-state index >= 15 is 0 Å². The number of anilines is 2. The second-order valence-corrected chi connectivity index (χ2v) is 7.89. The molecule has 142 valence electrons. The van der Waals surface area contributed by atoms with Crippen molar-refractivity contribution in [1.82, 2.24) is 14.8 Å². The zero-order valence-electron chi connectivity index (χ0n) is 15.6. The van der Waals surface area contributed by atoms with Gasteiger partial charge < -0.3 is 20.3 Å². The average molecular weight is 359 g/mol. The summed E-state index contributed by atoms with van der Waals surface area (Å²) >= 11 is 0. The predicted octanol–water partition coefficient (Wildman–Crippen LogP) is 1.80. The fourth-order valence-electron chi connectivity index (χ4n) is 4.86. The zero-order chi connectivity index (χ0) is 18.1. The fraction of sp³-hybridized carbons (Fsp3) is 0.684. The smallest absolute Gasteiger partial charge is 0.409 e. The van der Waals surface area contributed by atoms with Gasteiger partial charge >= 0.3 is 6.09 Å². The highest BCUT2D eigenvalue weighted by Crippen LogP contribution is 2.47. The van der Waals surface area contributed by atoms with Crippen LogP contribution in [0.4, 0.5) is 16.3 Å². The molecule has 3 fully saturated rings. The molecule has 0 bridgehead atoms. The molecule has 7 heteroatoms. The molecular formula is C19H29N5O2. The molecule has 1 aliphatic carbocycles. The first-order valence-electron chi connectivity index (χ1n) is 9.71. The van der Waals surface area contributed by atoms with Crippen molar-refractivity contribution in [2.75, 3.05) is 56.5 Å². The van der Waals surface area contributed by atoms with Crippen molar-refractivity contribution < 1.29 is 9.53 Å². The lowest BCUT2D eigenvalue weighted by atomic mass is 9.78. The maximum atomic E-state index is 11.8. The molecule has 0 aromatic carbocycles. The Morgan fingerprint density at radius 2 is 2.12 bits per heavy atom. The third kappa shape index (κ3) is 3.20. The fourth-order valence-corrected chi connectivity index (χ4v) is 4.86. The summed E-state index contributed by atoms with van der Waals surface area (Å²) in [5.41, 5.74) is 7.16. The van der Waals surface area contributed by atoms with E-state index in [2.05, 4.69) is 14.8 Å². The van der Waals surface area contributed by atoms with Gasteiger partial charge in [0.25, 0.3) is 0 Å². The normalized spacial score (nSPS) is 25.3. The lowest BCUT2D eigenvalue weighted by Gasteiger charge is -2.48. The number of hydrogen-bond acceptors (Lipinski definition) is 6. The molecule has 0 radical (unpaired) electrons. The van der Waals surface area contributed by atoms with Crippen molar-refractivity contribution >= 4 is 17.6 Å². The number of piperazine rings is 1. The Kier molecular flexibility index (Phi) is 4.65. The lowest BCUT2D eigenvalue weighted by Crippen LogP contribution is -2.58. The van der Waals surface area contributed by atoms with Crippen LogP contribution in [-0.2, 0) is 4.74 Å². The third-order valence-corrected chi connectivity index (χ3v) is 6.20. The van der Waals surface area contributed by atoms with Crippen molar-refractivity contribution in [2.24, 2.45) is 5.41 Å². The standard InChI is InChI=1S/C19H29N5O2/c1-2-26-18(25)24-13-19(14-24)6-5-15(12-19)22-8-10-23(11-9-22)17-16(20)4-3-7-21-17/h3-4,7,15H,2,5-6,8-14,20H2,1H3/t15-/m1/s1. The SMILES string of the molecule is CCOC(=O)N1CC2(CC[C@@H](N3CCN(c4ncccc4N)CC3)C2)C1. The van der Waals surface area contributed by atoms with Gasteiger partial charge in [-0.2, -0.15) is 0 Å². The van der Waals surface area contributed by atoms with Crippen molar-refractivity contribution in [3.63, 3.8) is 0 Å². The van der Waals surface area contributed by atoms with Crippen LogP contribution in [0.1, 0.15) is 26.2 Å².